The van der Waals surface area contributed by atoms with Crippen molar-refractivity contribution in [3.05, 3.63) is 63.0 Å². The number of thioether (sulfide) groups is 1. The molecule has 0 N–H and O–H groups in total. The number of nitrogens with zero attached hydrogens (tertiary/aromatic N) is 2. The molecule has 3 rings (SSSR count). The minimum absolute atomic E-state index is 0.00688. The summed E-state index contributed by atoms with van der Waals surface area (Å²) < 4.78 is 1.66. The summed E-state index contributed by atoms with van der Waals surface area (Å²) in [5.74, 6) is 0.706. The van der Waals surface area contributed by atoms with Gasteiger partial charge in [-0.25, -0.2) is 4.98 Å². The Kier molecular flexibility index (Phi) is 4.34. The first-order valence-corrected chi connectivity index (χ1v) is 9.41. The summed E-state index contributed by atoms with van der Waals surface area (Å²) in [6.45, 7) is 8.57. The normalized spacial score (nSPS) is 12.0. The predicted molar refractivity (Wildman–Crippen MR) is 98.8 cm³/mol. The first-order valence-electron chi connectivity index (χ1n) is 7.55. The highest BCUT2D eigenvalue weighted by Gasteiger charge is 2.13. The SMILES string of the molecule is Cc1csc2nc(CSc3ccc(C(C)(C)C)cc3)cc(=O)n12. The molecule has 0 amide bonds. The Balaban J connectivity index is 1.77. The maximum absolute atomic E-state index is 12.2. The smallest absolute Gasteiger partial charge is 0.258 e. The van der Waals surface area contributed by atoms with Gasteiger partial charge in [0.15, 0.2) is 4.96 Å². The Morgan fingerprint density at radius 2 is 1.91 bits per heavy atom. The van der Waals surface area contributed by atoms with Crippen LogP contribution in [0.25, 0.3) is 4.96 Å². The third-order valence-corrected chi connectivity index (χ3v) is 5.72. The van der Waals surface area contributed by atoms with E-state index in [-0.39, 0.29) is 11.0 Å². The number of thiazole rings is 1. The van der Waals surface area contributed by atoms with E-state index < -0.39 is 0 Å². The summed E-state index contributed by atoms with van der Waals surface area (Å²) in [4.78, 5) is 18.7. The fourth-order valence-corrected chi connectivity index (χ4v) is 4.06. The fourth-order valence-electron chi connectivity index (χ4n) is 2.38. The van der Waals surface area contributed by atoms with E-state index in [1.165, 1.54) is 21.8 Å². The van der Waals surface area contributed by atoms with Crippen LogP contribution in [0, 0.1) is 6.92 Å². The van der Waals surface area contributed by atoms with Crippen molar-refractivity contribution in [2.45, 2.75) is 43.8 Å². The average Bonchev–Trinajstić information content (AvgIpc) is 2.86. The van der Waals surface area contributed by atoms with Gasteiger partial charge in [0.2, 0.25) is 0 Å². The van der Waals surface area contributed by atoms with Crippen molar-refractivity contribution in [1.29, 1.82) is 0 Å². The lowest BCUT2D eigenvalue weighted by atomic mass is 9.87. The predicted octanol–water partition coefficient (Wildman–Crippen LogP) is 4.65. The number of fused-ring (bicyclic) bond motifs is 1. The summed E-state index contributed by atoms with van der Waals surface area (Å²) >= 11 is 3.22. The lowest BCUT2D eigenvalue weighted by molar-refractivity contribution is 0.590. The van der Waals surface area contributed by atoms with Crippen molar-refractivity contribution in [2.24, 2.45) is 0 Å². The number of hydrogen-bond donors (Lipinski definition) is 0. The van der Waals surface area contributed by atoms with Crippen molar-refractivity contribution in [3.63, 3.8) is 0 Å². The third-order valence-electron chi connectivity index (χ3n) is 3.74. The highest BCUT2D eigenvalue weighted by molar-refractivity contribution is 7.98. The molecule has 2 aromatic heterocycles. The topological polar surface area (TPSA) is 34.4 Å². The molecule has 0 aliphatic heterocycles. The highest BCUT2D eigenvalue weighted by atomic mass is 32.2. The molecule has 0 atom stereocenters. The Morgan fingerprint density at radius 1 is 1.22 bits per heavy atom. The van der Waals surface area contributed by atoms with Gasteiger partial charge in [0.1, 0.15) is 0 Å². The van der Waals surface area contributed by atoms with Crippen LogP contribution < -0.4 is 5.56 Å². The van der Waals surface area contributed by atoms with Crippen LogP contribution in [-0.2, 0) is 11.2 Å². The molecule has 0 saturated carbocycles. The molecule has 0 unspecified atom stereocenters. The van der Waals surface area contributed by atoms with E-state index in [9.17, 15) is 4.79 Å². The molecule has 0 fully saturated rings. The molecule has 0 bridgehead atoms. The second kappa shape index (κ2) is 6.13. The number of hydrogen-bond acceptors (Lipinski definition) is 4. The number of rotatable bonds is 3. The summed E-state index contributed by atoms with van der Waals surface area (Å²) in [6, 6.07) is 10.3. The zero-order valence-electron chi connectivity index (χ0n) is 13.8. The molecule has 0 saturated heterocycles. The van der Waals surface area contributed by atoms with Crippen LogP contribution >= 0.6 is 23.1 Å². The minimum Gasteiger partial charge on any atom is -0.269 e. The molecule has 0 aliphatic rings. The Bertz CT molecular complexity index is 886. The van der Waals surface area contributed by atoms with Crippen molar-refractivity contribution in [3.8, 4) is 0 Å². The van der Waals surface area contributed by atoms with Gasteiger partial charge in [0.05, 0.1) is 5.69 Å². The zero-order valence-corrected chi connectivity index (χ0v) is 15.4. The Hall–Kier alpha value is -1.59. The quantitative estimate of drug-likeness (QED) is 0.648. The number of aromatic nitrogens is 2. The van der Waals surface area contributed by atoms with E-state index in [1.807, 2.05) is 12.3 Å². The van der Waals surface area contributed by atoms with E-state index in [0.29, 0.717) is 5.75 Å². The van der Waals surface area contributed by atoms with Crippen LogP contribution in [0.15, 0.2) is 45.4 Å². The van der Waals surface area contributed by atoms with Crippen molar-refractivity contribution < 1.29 is 0 Å². The molecule has 1 aromatic carbocycles. The van der Waals surface area contributed by atoms with E-state index in [0.717, 1.165) is 16.3 Å². The second-order valence-corrected chi connectivity index (χ2v) is 8.53. The number of benzene rings is 1. The molecule has 3 aromatic rings. The third kappa shape index (κ3) is 3.51. The van der Waals surface area contributed by atoms with Crippen LogP contribution in [0.5, 0.6) is 0 Å². The zero-order chi connectivity index (χ0) is 16.6. The van der Waals surface area contributed by atoms with E-state index in [2.05, 4.69) is 50.0 Å². The van der Waals surface area contributed by atoms with Gasteiger partial charge in [0.25, 0.3) is 5.56 Å². The summed E-state index contributed by atoms with van der Waals surface area (Å²) in [7, 11) is 0. The fraction of sp³-hybridized carbons (Fsp3) is 0.333. The van der Waals surface area contributed by atoms with E-state index >= 15 is 0 Å². The van der Waals surface area contributed by atoms with Crippen molar-refractivity contribution >= 4 is 28.1 Å². The standard InChI is InChI=1S/C18H20N2OS2/c1-12-10-23-17-19-14(9-16(21)20(12)17)11-22-15-7-5-13(6-8-15)18(2,3)4/h5-10H,11H2,1-4H3. The Morgan fingerprint density at radius 3 is 2.57 bits per heavy atom. The first-order chi connectivity index (χ1) is 10.8. The molecule has 0 aliphatic carbocycles. The molecular weight excluding hydrogens is 324 g/mol. The molecular formula is C18H20N2OS2. The molecule has 0 radical (unpaired) electrons. The van der Waals surface area contributed by atoms with Crippen LogP contribution in [0.2, 0.25) is 0 Å². The molecule has 120 valence electrons. The monoisotopic (exact) mass is 344 g/mol. The maximum atomic E-state index is 12.2. The second-order valence-electron chi connectivity index (χ2n) is 6.64. The van der Waals surface area contributed by atoms with Gasteiger partial charge in [-0.2, -0.15) is 0 Å². The van der Waals surface area contributed by atoms with Crippen LogP contribution in [0.3, 0.4) is 0 Å². The molecule has 23 heavy (non-hydrogen) atoms. The van der Waals surface area contributed by atoms with Gasteiger partial charge in [-0.05, 0) is 30.0 Å². The summed E-state index contributed by atoms with van der Waals surface area (Å²) in [6.07, 6.45) is 0. The van der Waals surface area contributed by atoms with Gasteiger partial charge < -0.3 is 0 Å². The van der Waals surface area contributed by atoms with Gasteiger partial charge in [-0.1, -0.05) is 32.9 Å². The maximum Gasteiger partial charge on any atom is 0.258 e. The highest BCUT2D eigenvalue weighted by Crippen LogP contribution is 2.27. The van der Waals surface area contributed by atoms with Gasteiger partial charge >= 0.3 is 0 Å². The van der Waals surface area contributed by atoms with Gasteiger partial charge in [-0.15, -0.1) is 23.1 Å². The minimum atomic E-state index is 0.00688. The van der Waals surface area contributed by atoms with Crippen LogP contribution in [0.1, 0.15) is 37.7 Å². The van der Waals surface area contributed by atoms with Crippen LogP contribution in [0.4, 0.5) is 0 Å². The molecule has 2 heterocycles. The van der Waals surface area contributed by atoms with Crippen molar-refractivity contribution in [1.82, 2.24) is 9.38 Å². The molecule has 3 nitrogen and oxygen atoms in total. The summed E-state index contributed by atoms with van der Waals surface area (Å²) in [5.41, 5.74) is 3.28. The van der Waals surface area contributed by atoms with Gasteiger partial charge in [-0.3, -0.25) is 9.20 Å². The first kappa shape index (κ1) is 16.3. The molecule has 0 spiro atoms. The lowest BCUT2D eigenvalue weighted by Gasteiger charge is -2.19. The lowest BCUT2D eigenvalue weighted by Crippen LogP contribution is -2.14. The van der Waals surface area contributed by atoms with E-state index in [1.54, 1.807) is 22.2 Å². The molecule has 5 heteroatoms. The largest absolute Gasteiger partial charge is 0.269 e. The van der Waals surface area contributed by atoms with Crippen molar-refractivity contribution in [2.75, 3.05) is 0 Å². The Labute approximate surface area is 144 Å². The number of aryl methyl sites for hydroxylation is 1. The average molecular weight is 345 g/mol. The van der Waals surface area contributed by atoms with E-state index in [4.69, 9.17) is 0 Å². The summed E-state index contributed by atoms with van der Waals surface area (Å²) in [5, 5.41) is 1.96. The van der Waals surface area contributed by atoms with Gasteiger partial charge in [0, 0.05) is 27.8 Å². The van der Waals surface area contributed by atoms with Crippen LogP contribution in [-0.4, -0.2) is 9.38 Å².